The number of rotatable bonds is 4. The van der Waals surface area contributed by atoms with Crippen molar-refractivity contribution in [3.63, 3.8) is 0 Å². The largest absolute Gasteiger partial charge is 0.478 e. The van der Waals surface area contributed by atoms with E-state index < -0.39 is 5.97 Å². The number of nitrogen functional groups attached to an aromatic ring is 1. The van der Waals surface area contributed by atoms with Crippen molar-refractivity contribution >= 4 is 17.3 Å². The molecule has 4 N–H and O–H groups in total. The van der Waals surface area contributed by atoms with Crippen LogP contribution in [0.2, 0.25) is 0 Å². The molecule has 0 aromatic heterocycles. The first-order valence-electron chi connectivity index (χ1n) is 4.52. The highest BCUT2D eigenvalue weighted by atomic mass is 16.4. The van der Waals surface area contributed by atoms with E-state index in [4.69, 9.17) is 10.8 Å². The van der Waals surface area contributed by atoms with E-state index in [9.17, 15) is 4.79 Å². The Morgan fingerprint density at radius 2 is 2.29 bits per heavy atom. The molecule has 0 aliphatic rings. The predicted molar refractivity (Wildman–Crippen MR) is 56.6 cm³/mol. The second-order valence-electron chi connectivity index (χ2n) is 3.03. The Kier molecular flexibility index (Phi) is 3.34. The van der Waals surface area contributed by atoms with Crippen LogP contribution < -0.4 is 11.1 Å². The number of aromatic carboxylic acids is 1. The van der Waals surface area contributed by atoms with Gasteiger partial charge in [-0.1, -0.05) is 6.92 Å². The number of hydrogen-bond donors (Lipinski definition) is 3. The zero-order valence-corrected chi connectivity index (χ0v) is 8.08. The second-order valence-corrected chi connectivity index (χ2v) is 3.03. The van der Waals surface area contributed by atoms with Crippen molar-refractivity contribution in [2.24, 2.45) is 0 Å². The van der Waals surface area contributed by atoms with Crippen LogP contribution in [0.3, 0.4) is 0 Å². The van der Waals surface area contributed by atoms with Gasteiger partial charge in [-0.2, -0.15) is 0 Å². The molecule has 0 heterocycles. The molecule has 14 heavy (non-hydrogen) atoms. The quantitative estimate of drug-likeness (QED) is 0.639. The lowest BCUT2D eigenvalue weighted by Crippen LogP contribution is -2.05. The van der Waals surface area contributed by atoms with Gasteiger partial charge in [0.05, 0.1) is 5.56 Å². The Morgan fingerprint density at radius 3 is 2.86 bits per heavy atom. The standard InChI is InChI=1S/C10H14N2O2/c1-2-5-12-7-3-4-9(11)8(6-7)10(13)14/h3-4,6,12H,2,5,11H2,1H3,(H,13,14). The third kappa shape index (κ3) is 2.39. The molecule has 0 aliphatic carbocycles. The predicted octanol–water partition coefficient (Wildman–Crippen LogP) is 1.79. The van der Waals surface area contributed by atoms with Crippen molar-refractivity contribution in [1.29, 1.82) is 0 Å². The SMILES string of the molecule is CCCNc1ccc(N)c(C(=O)O)c1. The van der Waals surface area contributed by atoms with Crippen LogP contribution in [0.1, 0.15) is 23.7 Å². The Hall–Kier alpha value is -1.71. The number of benzene rings is 1. The average molecular weight is 194 g/mol. The second kappa shape index (κ2) is 4.50. The van der Waals surface area contributed by atoms with Gasteiger partial charge in [0.1, 0.15) is 0 Å². The minimum Gasteiger partial charge on any atom is -0.478 e. The van der Waals surface area contributed by atoms with Crippen LogP contribution in [-0.4, -0.2) is 17.6 Å². The maximum Gasteiger partial charge on any atom is 0.337 e. The number of nitrogens with one attached hydrogen (secondary N) is 1. The summed E-state index contributed by atoms with van der Waals surface area (Å²) in [7, 11) is 0. The van der Waals surface area contributed by atoms with Gasteiger partial charge < -0.3 is 16.2 Å². The number of hydrogen-bond acceptors (Lipinski definition) is 3. The lowest BCUT2D eigenvalue weighted by atomic mass is 10.1. The van der Waals surface area contributed by atoms with Gasteiger partial charge in [-0.15, -0.1) is 0 Å². The summed E-state index contributed by atoms with van der Waals surface area (Å²) in [5.41, 5.74) is 6.74. The fraction of sp³-hybridized carbons (Fsp3) is 0.300. The molecule has 1 aromatic carbocycles. The Labute approximate surface area is 82.7 Å². The maximum atomic E-state index is 10.7. The van der Waals surface area contributed by atoms with E-state index in [-0.39, 0.29) is 5.56 Å². The molecule has 0 fully saturated rings. The van der Waals surface area contributed by atoms with Gasteiger partial charge in [-0.3, -0.25) is 0 Å². The monoisotopic (exact) mass is 194 g/mol. The normalized spacial score (nSPS) is 9.79. The first kappa shape index (κ1) is 10.4. The summed E-state index contributed by atoms with van der Waals surface area (Å²) in [6.45, 7) is 2.87. The minimum atomic E-state index is -0.998. The molecule has 1 aromatic rings. The van der Waals surface area contributed by atoms with Gasteiger partial charge in [0, 0.05) is 17.9 Å². The fourth-order valence-corrected chi connectivity index (χ4v) is 1.12. The molecule has 76 valence electrons. The van der Waals surface area contributed by atoms with Crippen LogP contribution in [0, 0.1) is 0 Å². The van der Waals surface area contributed by atoms with Gasteiger partial charge in [-0.25, -0.2) is 4.79 Å². The summed E-state index contributed by atoms with van der Waals surface area (Å²) in [5.74, 6) is -0.998. The Bertz CT molecular complexity index is 337. The lowest BCUT2D eigenvalue weighted by Gasteiger charge is -2.07. The van der Waals surface area contributed by atoms with Crippen molar-refractivity contribution < 1.29 is 9.90 Å². The molecule has 4 heteroatoms. The molecule has 0 atom stereocenters. The highest BCUT2D eigenvalue weighted by Crippen LogP contribution is 2.17. The molecule has 4 nitrogen and oxygen atoms in total. The van der Waals surface area contributed by atoms with Gasteiger partial charge in [-0.05, 0) is 24.6 Å². The molecular formula is C10H14N2O2. The molecule has 0 aliphatic heterocycles. The molecule has 0 radical (unpaired) electrons. The zero-order chi connectivity index (χ0) is 10.6. The highest BCUT2D eigenvalue weighted by molar-refractivity contribution is 5.94. The van der Waals surface area contributed by atoms with Crippen LogP contribution in [0.4, 0.5) is 11.4 Å². The van der Waals surface area contributed by atoms with Gasteiger partial charge >= 0.3 is 5.97 Å². The minimum absolute atomic E-state index is 0.145. The van der Waals surface area contributed by atoms with Crippen molar-refractivity contribution in [1.82, 2.24) is 0 Å². The average Bonchev–Trinajstić information content (AvgIpc) is 2.16. The summed E-state index contributed by atoms with van der Waals surface area (Å²) >= 11 is 0. The van der Waals surface area contributed by atoms with Gasteiger partial charge in [0.25, 0.3) is 0 Å². The number of carbonyl (C=O) groups is 1. The third-order valence-electron chi connectivity index (χ3n) is 1.86. The van der Waals surface area contributed by atoms with Crippen molar-refractivity contribution in [2.75, 3.05) is 17.6 Å². The van der Waals surface area contributed by atoms with Crippen molar-refractivity contribution in [3.05, 3.63) is 23.8 Å². The molecule has 0 unspecified atom stereocenters. The van der Waals surface area contributed by atoms with Crippen LogP contribution in [0.25, 0.3) is 0 Å². The summed E-state index contributed by atoms with van der Waals surface area (Å²) in [6.07, 6.45) is 0.993. The number of nitrogens with two attached hydrogens (primary N) is 1. The topological polar surface area (TPSA) is 75.3 Å². The smallest absolute Gasteiger partial charge is 0.337 e. The van der Waals surface area contributed by atoms with E-state index in [2.05, 4.69) is 5.32 Å². The molecule has 0 bridgehead atoms. The summed E-state index contributed by atoms with van der Waals surface area (Å²) in [6, 6.07) is 4.92. The Balaban J connectivity index is 2.89. The van der Waals surface area contributed by atoms with Crippen LogP contribution >= 0.6 is 0 Å². The van der Waals surface area contributed by atoms with E-state index in [0.29, 0.717) is 5.69 Å². The Morgan fingerprint density at radius 1 is 1.57 bits per heavy atom. The first-order valence-corrected chi connectivity index (χ1v) is 4.52. The van der Waals surface area contributed by atoms with Crippen molar-refractivity contribution in [3.8, 4) is 0 Å². The van der Waals surface area contributed by atoms with E-state index in [0.717, 1.165) is 18.7 Å². The van der Waals surface area contributed by atoms with Crippen LogP contribution in [-0.2, 0) is 0 Å². The van der Waals surface area contributed by atoms with Crippen LogP contribution in [0.15, 0.2) is 18.2 Å². The number of carboxylic acids is 1. The highest BCUT2D eigenvalue weighted by Gasteiger charge is 2.07. The molecule has 0 saturated carbocycles. The molecule has 1 rings (SSSR count). The number of anilines is 2. The van der Waals surface area contributed by atoms with E-state index in [1.54, 1.807) is 18.2 Å². The molecular weight excluding hydrogens is 180 g/mol. The third-order valence-corrected chi connectivity index (χ3v) is 1.86. The summed E-state index contributed by atoms with van der Waals surface area (Å²) in [4.78, 5) is 10.7. The van der Waals surface area contributed by atoms with E-state index in [1.165, 1.54) is 0 Å². The summed E-state index contributed by atoms with van der Waals surface area (Å²) < 4.78 is 0. The van der Waals surface area contributed by atoms with E-state index >= 15 is 0 Å². The van der Waals surface area contributed by atoms with Gasteiger partial charge in [0.2, 0.25) is 0 Å². The van der Waals surface area contributed by atoms with Gasteiger partial charge in [0.15, 0.2) is 0 Å². The first-order chi connectivity index (χ1) is 6.65. The van der Waals surface area contributed by atoms with Crippen LogP contribution in [0.5, 0.6) is 0 Å². The molecule has 0 spiro atoms. The van der Waals surface area contributed by atoms with Crippen molar-refractivity contribution in [2.45, 2.75) is 13.3 Å². The fourth-order valence-electron chi connectivity index (χ4n) is 1.12. The molecule has 0 saturated heterocycles. The zero-order valence-electron chi connectivity index (χ0n) is 8.08. The number of carboxylic acid groups (broad SMARTS) is 1. The lowest BCUT2D eigenvalue weighted by molar-refractivity contribution is 0.0698. The molecule has 0 amide bonds. The van der Waals surface area contributed by atoms with E-state index in [1.807, 2.05) is 6.92 Å². The maximum absolute atomic E-state index is 10.7. The summed E-state index contributed by atoms with van der Waals surface area (Å²) in [5, 5.41) is 11.9.